The number of nitrogens with one attached hydrogen (secondary N) is 14. The maximum atomic E-state index is 14.7. The molecule has 131 heavy (non-hydrogen) atoms. The predicted octanol–water partition coefficient (Wildman–Crippen LogP) is -7.22. The fraction of sp³-hybridized carbons (Fsp3) is 0.659. The molecule has 0 aromatic heterocycles. The van der Waals surface area contributed by atoms with E-state index in [4.69, 9.17) is 51.0 Å². The first-order valence-electron chi connectivity index (χ1n) is 43.4. The smallest absolute Gasteiger partial charge is 0.326 e. The highest BCUT2D eigenvalue weighted by Crippen LogP contribution is 2.17. The molecule has 49 nitrogen and oxygen atoms in total. The molecule has 0 radical (unpaired) electrons. The topological polar surface area (TPSA) is 853 Å². The number of benzene rings is 1. The molecule has 0 aliphatic carbocycles. The van der Waals surface area contributed by atoms with Gasteiger partial charge in [-0.05, 0) is 159 Å². The van der Waals surface area contributed by atoms with Crippen LogP contribution in [0.15, 0.2) is 30.3 Å². The van der Waals surface area contributed by atoms with Gasteiger partial charge in [0.05, 0.1) is 31.7 Å². The SMILES string of the molecule is CC(C)C[C@H](NC(=O)[C@H](CC(N)=O)NC(=O)[C@H](CC(C)C)NC(=O)[C@H](CC(=O)O)NC(=O)[C@H](CC(C)C)NC(=O)[C@H](Cc1ccccc1)NC(=O)[C@H](CCC(N)=O)NC(=O)[C@H](CC(N)=O)NC(=O)[C@@H](N)CCCCN)C(=O)N[C@@H](CCCCN)C(=O)N[C@@H](CCCCN)C(=O)N[C@@H](CCC(=O)O)C(=O)N[C@@H](CC(=O)O)C(=O)N[C@@H](CCCCN)C(=O)N[C@@H](CCC(=O)O)C(=O)O. The van der Waals surface area contributed by atoms with Crippen LogP contribution in [0.2, 0.25) is 0 Å². The predicted molar refractivity (Wildman–Crippen MR) is 467 cm³/mol. The Bertz CT molecular complexity index is 4010. The van der Waals surface area contributed by atoms with E-state index in [1.54, 1.807) is 71.9 Å². The molecule has 0 bridgehead atoms. The minimum atomic E-state index is -2.10. The van der Waals surface area contributed by atoms with Gasteiger partial charge in [-0.2, -0.15) is 0 Å². The summed E-state index contributed by atoms with van der Waals surface area (Å²) in [5, 5.41) is 81.9. The van der Waals surface area contributed by atoms with Crippen molar-refractivity contribution in [3.63, 3.8) is 0 Å². The fourth-order valence-electron chi connectivity index (χ4n) is 13.1. The molecule has 0 heterocycles. The van der Waals surface area contributed by atoms with Crippen LogP contribution < -0.4 is 120 Å². The van der Waals surface area contributed by atoms with E-state index in [1.807, 2.05) is 0 Å². The van der Waals surface area contributed by atoms with Gasteiger partial charge in [-0.1, -0.05) is 78.3 Å². The van der Waals surface area contributed by atoms with E-state index in [0.29, 0.717) is 24.9 Å². The van der Waals surface area contributed by atoms with Gasteiger partial charge < -0.3 is 146 Å². The van der Waals surface area contributed by atoms with E-state index in [2.05, 4.69) is 74.4 Å². The van der Waals surface area contributed by atoms with E-state index < -0.39 is 303 Å². The maximum Gasteiger partial charge on any atom is 0.326 e. The van der Waals surface area contributed by atoms with E-state index >= 15 is 0 Å². The second-order valence-electron chi connectivity index (χ2n) is 32.9. The second kappa shape index (κ2) is 62.6. The van der Waals surface area contributed by atoms with Gasteiger partial charge in [-0.3, -0.25) is 101 Å². The molecule has 0 saturated heterocycles. The average Bonchev–Trinajstić information content (AvgIpc) is 0.848. The van der Waals surface area contributed by atoms with E-state index in [0.717, 1.165) is 0 Å². The van der Waals surface area contributed by atoms with Gasteiger partial charge in [-0.25, -0.2) is 4.79 Å². The standard InChI is InChI=1S/C82H136N22O27/c1-42(2)34-53(74(122)92-48(22-12-16-32-85)69(117)91-47(21-11-15-31-84)70(118)94-51(25-28-64(108)109)73(121)103-59(40-66(112)113)80(128)93-49(23-13-17-33-86)71(119)96-52(82(130)131)26-29-65(110)111)99-79(127)58(39-63(90)107)102-75(123)54(35-43(3)4)100-81(129)60(41-67(114)115)104-76(124)55(36-44(5)6)98-77(125)56(37-45-18-8-7-9-19-45)101-72(120)50(24-27-61(88)105)95-78(126)57(38-62(89)106)97-68(116)46(87)20-10-14-30-83/h7-9,18-19,42-44,46-60H,10-17,20-41,83-87H2,1-6H3,(H2,88,105)(H2,89,106)(H2,90,107)(H,91,117)(H,92,122)(H,93,128)(H,94,118)(H,95,126)(H,96,119)(H,97,116)(H,98,125)(H,99,127)(H,100,129)(H,101,120)(H,102,123)(H,103,121)(H,104,124)(H,108,109)(H,110,111)(H,112,113)(H,114,115)(H,130,131)/t46-,47-,48-,49-,50-,51-,52-,53-,54-,55-,56-,57-,58-,59-,60-/m0/s1. The van der Waals surface area contributed by atoms with Crippen molar-refractivity contribution in [1.29, 1.82) is 0 Å². The van der Waals surface area contributed by atoms with Crippen LogP contribution in [0.5, 0.6) is 0 Å². The number of amides is 17. The lowest BCUT2D eigenvalue weighted by Crippen LogP contribution is -2.61. The zero-order valence-electron chi connectivity index (χ0n) is 74.8. The molecule has 49 heteroatoms. The monoisotopic (exact) mass is 1860 g/mol. The molecule has 0 spiro atoms. The van der Waals surface area contributed by atoms with Gasteiger partial charge in [0.1, 0.15) is 84.6 Å². The second-order valence-corrected chi connectivity index (χ2v) is 32.9. The van der Waals surface area contributed by atoms with Gasteiger partial charge in [0.15, 0.2) is 0 Å². The van der Waals surface area contributed by atoms with Crippen molar-refractivity contribution in [3.05, 3.63) is 35.9 Å². The highest BCUT2D eigenvalue weighted by molar-refractivity contribution is 6.02. The summed E-state index contributed by atoms with van der Waals surface area (Å²) in [6.07, 6.45) is -7.67. The normalized spacial score (nSPS) is 14.6. The zero-order valence-corrected chi connectivity index (χ0v) is 74.8. The van der Waals surface area contributed by atoms with Crippen LogP contribution in [0.25, 0.3) is 0 Å². The van der Waals surface area contributed by atoms with Crippen molar-refractivity contribution in [2.24, 2.45) is 63.6 Å². The lowest BCUT2D eigenvalue weighted by atomic mass is 9.99. The van der Waals surface area contributed by atoms with Crippen molar-refractivity contribution in [3.8, 4) is 0 Å². The Hall–Kier alpha value is -12.6. The largest absolute Gasteiger partial charge is 0.481 e. The summed E-state index contributed by atoms with van der Waals surface area (Å²) in [6.45, 7) is 10.2. The summed E-state index contributed by atoms with van der Waals surface area (Å²) in [6, 6.07) is -18.0. The molecule has 35 N–H and O–H groups in total. The van der Waals surface area contributed by atoms with E-state index in [9.17, 15) is 126 Å². The van der Waals surface area contributed by atoms with Crippen LogP contribution in [-0.4, -0.2) is 273 Å². The number of hydrogen-bond acceptors (Lipinski definition) is 27. The molecule has 1 aromatic rings. The zero-order chi connectivity index (χ0) is 99.3. The van der Waals surface area contributed by atoms with Crippen molar-refractivity contribution in [1.82, 2.24) is 74.4 Å². The Labute approximate surface area is 757 Å². The molecule has 0 saturated carbocycles. The van der Waals surface area contributed by atoms with Crippen molar-refractivity contribution < 1.29 is 131 Å². The number of carboxylic acid groups (broad SMARTS) is 5. The number of primary amides is 3. The maximum absolute atomic E-state index is 14.7. The molecule has 0 aliphatic heterocycles. The first-order chi connectivity index (χ1) is 61.6. The van der Waals surface area contributed by atoms with E-state index in [-0.39, 0.29) is 110 Å². The first kappa shape index (κ1) is 116. The molecule has 0 fully saturated rings. The Morgan fingerprint density at radius 1 is 0.260 bits per heavy atom. The Morgan fingerprint density at radius 2 is 0.496 bits per heavy atom. The van der Waals surface area contributed by atoms with Crippen LogP contribution in [0.4, 0.5) is 0 Å². The van der Waals surface area contributed by atoms with Crippen LogP contribution in [0, 0.1) is 17.8 Å². The van der Waals surface area contributed by atoms with Crippen molar-refractivity contribution >= 4 is 130 Å². The van der Waals surface area contributed by atoms with Crippen LogP contribution >= 0.6 is 0 Å². The van der Waals surface area contributed by atoms with Crippen LogP contribution in [-0.2, 0) is 112 Å². The van der Waals surface area contributed by atoms with Gasteiger partial charge in [0, 0.05) is 25.7 Å². The van der Waals surface area contributed by atoms with Gasteiger partial charge in [0.2, 0.25) is 100 Å². The Balaban J connectivity index is 3.84. The number of hydrogen-bond donors (Lipinski definition) is 27. The summed E-state index contributed by atoms with van der Waals surface area (Å²) in [4.78, 5) is 297. The molecule has 0 unspecified atom stereocenters. The third-order valence-corrected chi connectivity index (χ3v) is 19.9. The third-order valence-electron chi connectivity index (χ3n) is 19.9. The summed E-state index contributed by atoms with van der Waals surface area (Å²) in [5.41, 5.74) is 45.7. The molecular formula is C82H136N22O27. The van der Waals surface area contributed by atoms with Gasteiger partial charge in [-0.15, -0.1) is 0 Å². The third kappa shape index (κ3) is 49.1. The van der Waals surface area contributed by atoms with Crippen LogP contribution in [0.1, 0.15) is 208 Å². The van der Waals surface area contributed by atoms with Crippen molar-refractivity contribution in [2.45, 2.75) is 299 Å². The highest BCUT2D eigenvalue weighted by Gasteiger charge is 2.41. The number of carbonyl (C=O) groups excluding carboxylic acids is 17. The molecule has 1 rings (SSSR count). The van der Waals surface area contributed by atoms with E-state index in [1.165, 1.54) is 0 Å². The fourth-order valence-corrected chi connectivity index (χ4v) is 13.1. The lowest BCUT2D eigenvalue weighted by Gasteiger charge is -2.29. The summed E-state index contributed by atoms with van der Waals surface area (Å²) < 4.78 is 0. The number of rotatable bonds is 70. The molecular weight excluding hydrogens is 1730 g/mol. The number of unbranched alkanes of at least 4 members (excludes halogenated alkanes) is 4. The van der Waals surface area contributed by atoms with Gasteiger partial charge >= 0.3 is 29.8 Å². The number of aliphatic carboxylic acids is 5. The van der Waals surface area contributed by atoms with Crippen molar-refractivity contribution in [2.75, 3.05) is 26.2 Å². The molecule has 1 aromatic carbocycles. The molecule has 736 valence electrons. The Kier molecular flexibility index (Phi) is 55.6. The molecule has 15 atom stereocenters. The number of carboxylic acids is 5. The first-order valence-corrected chi connectivity index (χ1v) is 43.4. The Morgan fingerprint density at radius 3 is 0.779 bits per heavy atom. The average molecular weight is 1860 g/mol. The summed E-state index contributed by atoms with van der Waals surface area (Å²) >= 11 is 0. The highest BCUT2D eigenvalue weighted by atomic mass is 16.4. The quantitative estimate of drug-likeness (QED) is 0.0270. The minimum Gasteiger partial charge on any atom is -0.481 e. The number of carbonyl (C=O) groups is 22. The molecule has 17 amide bonds. The summed E-state index contributed by atoms with van der Waals surface area (Å²) in [7, 11) is 0. The van der Waals surface area contributed by atoms with Gasteiger partial charge in [0.25, 0.3) is 0 Å². The number of nitrogens with two attached hydrogens (primary N) is 8. The summed E-state index contributed by atoms with van der Waals surface area (Å²) in [5.74, 6) is -28.8. The molecule has 0 aliphatic rings. The lowest BCUT2D eigenvalue weighted by molar-refractivity contribution is -0.144. The minimum absolute atomic E-state index is 0.0549. The van der Waals surface area contributed by atoms with Crippen LogP contribution in [0.3, 0.4) is 0 Å².